The Bertz CT molecular complexity index is 937. The fourth-order valence-electron chi connectivity index (χ4n) is 2.11. The van der Waals surface area contributed by atoms with E-state index < -0.39 is 11.7 Å². The van der Waals surface area contributed by atoms with Gasteiger partial charge in [0.05, 0.1) is 5.69 Å². The third-order valence-electron chi connectivity index (χ3n) is 3.18. The van der Waals surface area contributed by atoms with E-state index in [0.29, 0.717) is 10.8 Å². The molecular weight excluding hydrogens is 307 g/mol. The minimum Gasteiger partial charge on any atom is -0.318 e. The fourth-order valence-corrected chi connectivity index (χ4v) is 2.27. The number of amides is 1. The second kappa shape index (κ2) is 5.61. The van der Waals surface area contributed by atoms with Gasteiger partial charge in [-0.25, -0.2) is 4.39 Å². The highest BCUT2D eigenvalue weighted by Crippen LogP contribution is 2.19. The number of anilines is 1. The van der Waals surface area contributed by atoms with Crippen LogP contribution in [0.3, 0.4) is 0 Å². The van der Waals surface area contributed by atoms with Crippen LogP contribution in [0, 0.1) is 5.82 Å². The molecule has 3 aromatic rings. The largest absolute Gasteiger partial charge is 0.318 e. The average molecular weight is 317 g/mol. The number of fused-ring (bicyclic) bond motifs is 1. The molecule has 0 fully saturated rings. The third-order valence-corrected chi connectivity index (χ3v) is 3.41. The molecule has 0 aliphatic carbocycles. The molecule has 0 saturated carbocycles. The Hall–Kier alpha value is -2.66. The van der Waals surface area contributed by atoms with E-state index in [-0.39, 0.29) is 22.0 Å². The number of hydrogen-bond acceptors (Lipinski definition) is 2. The van der Waals surface area contributed by atoms with Crippen molar-refractivity contribution in [2.45, 2.75) is 0 Å². The van der Waals surface area contributed by atoms with Crippen molar-refractivity contribution in [2.24, 2.45) is 0 Å². The van der Waals surface area contributed by atoms with Crippen molar-refractivity contribution in [2.75, 3.05) is 5.32 Å². The lowest BCUT2D eigenvalue weighted by Crippen LogP contribution is -2.19. The molecule has 110 valence electrons. The molecule has 0 saturated heterocycles. The van der Waals surface area contributed by atoms with Gasteiger partial charge in [0.15, 0.2) is 0 Å². The zero-order chi connectivity index (χ0) is 15.7. The summed E-state index contributed by atoms with van der Waals surface area (Å²) in [7, 11) is 0. The van der Waals surface area contributed by atoms with Crippen LogP contribution in [0.5, 0.6) is 0 Å². The molecule has 6 heteroatoms. The highest BCUT2D eigenvalue weighted by molar-refractivity contribution is 6.30. The first kappa shape index (κ1) is 14.3. The summed E-state index contributed by atoms with van der Waals surface area (Å²) < 4.78 is 13.7. The van der Waals surface area contributed by atoms with Crippen molar-refractivity contribution in [3.63, 3.8) is 0 Å². The Morgan fingerprint density at radius 3 is 2.68 bits per heavy atom. The molecule has 0 radical (unpaired) electrons. The van der Waals surface area contributed by atoms with Crippen LogP contribution in [0.1, 0.15) is 10.5 Å². The minimum atomic E-state index is -0.649. The molecular formula is C16H10ClFN2O2. The van der Waals surface area contributed by atoms with Crippen molar-refractivity contribution in [1.82, 2.24) is 4.98 Å². The van der Waals surface area contributed by atoms with Crippen molar-refractivity contribution in [3.8, 4) is 0 Å². The minimum absolute atomic E-state index is 0.0107. The van der Waals surface area contributed by atoms with Gasteiger partial charge in [-0.1, -0.05) is 29.8 Å². The summed E-state index contributed by atoms with van der Waals surface area (Å²) in [6.45, 7) is 0. The van der Waals surface area contributed by atoms with Crippen LogP contribution < -0.4 is 10.9 Å². The standard InChI is InChI=1S/C16H10ClFN2O2/c17-10-5-6-13(12(18)8-10)19-16(22)14-7-9-3-1-2-4-11(9)15(21)20-14/h1-8H,(H,19,22)(H,20,21). The molecule has 4 nitrogen and oxygen atoms in total. The Morgan fingerprint density at radius 2 is 1.91 bits per heavy atom. The number of halogens is 2. The van der Waals surface area contributed by atoms with E-state index in [9.17, 15) is 14.0 Å². The van der Waals surface area contributed by atoms with Gasteiger partial charge in [-0.05, 0) is 35.7 Å². The molecule has 1 amide bonds. The predicted octanol–water partition coefficient (Wildman–Crippen LogP) is 3.57. The van der Waals surface area contributed by atoms with Crippen molar-refractivity contribution in [3.05, 3.63) is 75.4 Å². The quantitative estimate of drug-likeness (QED) is 0.759. The van der Waals surface area contributed by atoms with Crippen molar-refractivity contribution in [1.29, 1.82) is 0 Å². The number of H-pyrrole nitrogens is 1. The average Bonchev–Trinajstić information content (AvgIpc) is 2.50. The normalized spacial score (nSPS) is 10.6. The van der Waals surface area contributed by atoms with Gasteiger partial charge in [0, 0.05) is 10.4 Å². The maximum absolute atomic E-state index is 13.7. The zero-order valence-corrected chi connectivity index (χ0v) is 11.9. The van der Waals surface area contributed by atoms with E-state index in [1.807, 2.05) is 0 Å². The van der Waals surface area contributed by atoms with Gasteiger partial charge in [0.1, 0.15) is 11.5 Å². The first-order valence-corrected chi connectivity index (χ1v) is 6.81. The Balaban J connectivity index is 1.97. The Morgan fingerprint density at radius 1 is 1.14 bits per heavy atom. The summed E-state index contributed by atoms with van der Waals surface area (Å²) in [5.41, 5.74) is -0.332. The lowest BCUT2D eigenvalue weighted by Gasteiger charge is -2.07. The molecule has 1 aromatic heterocycles. The third kappa shape index (κ3) is 2.71. The van der Waals surface area contributed by atoms with E-state index in [1.165, 1.54) is 12.1 Å². The molecule has 0 unspecified atom stereocenters. The molecule has 0 aliphatic rings. The topological polar surface area (TPSA) is 62.0 Å². The first-order valence-electron chi connectivity index (χ1n) is 6.43. The zero-order valence-electron chi connectivity index (χ0n) is 11.2. The number of carbonyl (C=O) groups excluding carboxylic acids is 1. The molecule has 0 aliphatic heterocycles. The van der Waals surface area contributed by atoms with E-state index in [1.54, 1.807) is 30.3 Å². The summed E-state index contributed by atoms with van der Waals surface area (Å²) in [5.74, 6) is -1.26. The molecule has 3 rings (SSSR count). The predicted molar refractivity (Wildman–Crippen MR) is 83.9 cm³/mol. The van der Waals surface area contributed by atoms with Gasteiger partial charge in [-0.15, -0.1) is 0 Å². The van der Waals surface area contributed by atoms with Crippen LogP contribution in [-0.2, 0) is 0 Å². The second-order valence-corrected chi connectivity index (χ2v) is 5.11. The fraction of sp³-hybridized carbons (Fsp3) is 0. The van der Waals surface area contributed by atoms with E-state index in [2.05, 4.69) is 10.3 Å². The number of carbonyl (C=O) groups is 1. The van der Waals surface area contributed by atoms with Crippen molar-refractivity contribution >= 4 is 34.0 Å². The number of hydrogen-bond donors (Lipinski definition) is 2. The van der Waals surface area contributed by atoms with Gasteiger partial charge < -0.3 is 10.3 Å². The molecule has 2 aromatic carbocycles. The summed E-state index contributed by atoms with van der Waals surface area (Å²) in [5, 5.41) is 3.75. The van der Waals surface area contributed by atoms with Crippen LogP contribution in [0.15, 0.2) is 53.3 Å². The van der Waals surface area contributed by atoms with Gasteiger partial charge in [-0.3, -0.25) is 9.59 Å². The van der Waals surface area contributed by atoms with E-state index in [0.717, 1.165) is 6.07 Å². The lowest BCUT2D eigenvalue weighted by atomic mass is 10.1. The van der Waals surface area contributed by atoms with Crippen LogP contribution in [0.2, 0.25) is 5.02 Å². The maximum Gasteiger partial charge on any atom is 0.272 e. The highest BCUT2D eigenvalue weighted by Gasteiger charge is 2.12. The van der Waals surface area contributed by atoms with Gasteiger partial charge >= 0.3 is 0 Å². The second-order valence-electron chi connectivity index (χ2n) is 4.68. The molecule has 1 heterocycles. The number of nitrogens with one attached hydrogen (secondary N) is 2. The first-order chi connectivity index (χ1) is 10.5. The van der Waals surface area contributed by atoms with Gasteiger partial charge in [0.2, 0.25) is 0 Å². The molecule has 22 heavy (non-hydrogen) atoms. The molecule has 0 bridgehead atoms. The highest BCUT2D eigenvalue weighted by atomic mass is 35.5. The van der Waals surface area contributed by atoms with Crippen LogP contribution in [-0.4, -0.2) is 10.9 Å². The monoisotopic (exact) mass is 316 g/mol. The summed E-state index contributed by atoms with van der Waals surface area (Å²) >= 11 is 5.66. The van der Waals surface area contributed by atoms with Crippen LogP contribution in [0.4, 0.5) is 10.1 Å². The Labute approximate surface area is 129 Å². The number of rotatable bonds is 2. The maximum atomic E-state index is 13.7. The summed E-state index contributed by atoms with van der Waals surface area (Å²) in [6.07, 6.45) is 0. The van der Waals surface area contributed by atoms with Gasteiger partial charge in [-0.2, -0.15) is 0 Å². The number of benzene rings is 2. The Kier molecular flexibility index (Phi) is 3.65. The number of aromatic nitrogens is 1. The number of pyridine rings is 1. The smallest absolute Gasteiger partial charge is 0.272 e. The van der Waals surface area contributed by atoms with E-state index >= 15 is 0 Å². The van der Waals surface area contributed by atoms with Crippen LogP contribution >= 0.6 is 11.6 Å². The SMILES string of the molecule is O=C(Nc1ccc(Cl)cc1F)c1cc2ccccc2c(=O)[nH]1. The summed E-state index contributed by atoms with van der Waals surface area (Å²) in [6, 6.07) is 12.3. The number of aromatic amines is 1. The van der Waals surface area contributed by atoms with E-state index in [4.69, 9.17) is 11.6 Å². The van der Waals surface area contributed by atoms with Crippen LogP contribution in [0.25, 0.3) is 10.8 Å². The summed E-state index contributed by atoms with van der Waals surface area (Å²) in [4.78, 5) is 26.6. The molecule has 2 N–H and O–H groups in total. The molecule has 0 spiro atoms. The van der Waals surface area contributed by atoms with Gasteiger partial charge in [0.25, 0.3) is 11.5 Å². The lowest BCUT2D eigenvalue weighted by molar-refractivity contribution is 0.102. The molecule has 0 atom stereocenters. The van der Waals surface area contributed by atoms with Crippen molar-refractivity contribution < 1.29 is 9.18 Å².